The van der Waals surface area contributed by atoms with E-state index in [1.807, 2.05) is 6.07 Å². The van der Waals surface area contributed by atoms with E-state index in [4.69, 9.17) is 0 Å². The third-order valence-corrected chi connectivity index (χ3v) is 10.9. The maximum Gasteiger partial charge on any atom is 0.261 e. The van der Waals surface area contributed by atoms with Crippen molar-refractivity contribution in [3.8, 4) is 0 Å². The first-order valence-corrected chi connectivity index (χ1v) is 15.7. The molecule has 2 aliphatic rings. The Morgan fingerprint density at radius 1 is 1.17 bits per heavy atom. The number of thiophene rings is 1. The number of nitrogens with one attached hydrogen (secondary N) is 1. The third-order valence-electron chi connectivity index (χ3n) is 7.87. The molecule has 2 aromatic rings. The van der Waals surface area contributed by atoms with E-state index in [0.29, 0.717) is 22.4 Å². The number of aliphatic hydroxyl groups excluding tert-OH is 1. The van der Waals surface area contributed by atoms with Crippen LogP contribution in [0.25, 0.3) is 0 Å². The highest BCUT2D eigenvalue weighted by atomic mass is 32.2. The van der Waals surface area contributed by atoms with Gasteiger partial charge in [0.1, 0.15) is 0 Å². The standard InChI is InChI=1S/C28H40N2O4S2/c1-5-36(33,34)23-12-10-21(11-13-23)24(17-31)29-28(32)25-14-22-16-30(26(18(2)3)27(22)35-25)15-20-8-6-19(4)7-9-20/h10-14,18-20,24,26,31H,5-9,15-17H2,1-4H3,(H,29,32)/t19?,20?,24-,26?/m0/s1. The molecule has 36 heavy (non-hydrogen) atoms. The molecule has 6 nitrogen and oxygen atoms in total. The molecular weight excluding hydrogens is 492 g/mol. The zero-order valence-corrected chi connectivity index (χ0v) is 23.5. The number of sulfone groups is 1. The lowest BCUT2D eigenvalue weighted by Gasteiger charge is -2.34. The fourth-order valence-corrected chi connectivity index (χ4v) is 7.97. The number of carbonyl (C=O) groups is 1. The molecule has 0 spiro atoms. The Morgan fingerprint density at radius 2 is 1.83 bits per heavy atom. The zero-order valence-electron chi connectivity index (χ0n) is 21.9. The number of hydrogen-bond acceptors (Lipinski definition) is 6. The molecule has 198 valence electrons. The molecule has 0 bridgehead atoms. The van der Waals surface area contributed by atoms with Gasteiger partial charge in [-0.05, 0) is 59.9 Å². The van der Waals surface area contributed by atoms with Crippen LogP contribution in [0, 0.1) is 17.8 Å². The Labute approximate surface area is 220 Å². The van der Waals surface area contributed by atoms with Gasteiger partial charge in [-0.3, -0.25) is 9.69 Å². The van der Waals surface area contributed by atoms with Crippen molar-refractivity contribution in [2.24, 2.45) is 17.8 Å². The summed E-state index contributed by atoms with van der Waals surface area (Å²) in [4.78, 5) is 18.0. The molecule has 1 saturated carbocycles. The monoisotopic (exact) mass is 532 g/mol. The largest absolute Gasteiger partial charge is 0.394 e. The minimum absolute atomic E-state index is 0.0320. The van der Waals surface area contributed by atoms with E-state index in [1.54, 1.807) is 30.4 Å². The van der Waals surface area contributed by atoms with Crippen molar-refractivity contribution in [2.75, 3.05) is 18.9 Å². The van der Waals surface area contributed by atoms with Gasteiger partial charge in [0.25, 0.3) is 5.91 Å². The number of carbonyl (C=O) groups excluding carboxylic acids is 1. The number of rotatable bonds is 9. The molecule has 1 aromatic carbocycles. The number of benzene rings is 1. The summed E-state index contributed by atoms with van der Waals surface area (Å²) < 4.78 is 24.2. The van der Waals surface area contributed by atoms with Crippen molar-refractivity contribution in [3.63, 3.8) is 0 Å². The Balaban J connectivity index is 1.44. The number of aliphatic hydroxyl groups is 1. The molecule has 2 N–H and O–H groups in total. The molecule has 1 fully saturated rings. The highest BCUT2D eigenvalue weighted by Crippen LogP contribution is 2.45. The number of nitrogens with zero attached hydrogens (tertiary/aromatic N) is 1. The van der Waals surface area contributed by atoms with Crippen LogP contribution in [0.5, 0.6) is 0 Å². The van der Waals surface area contributed by atoms with Gasteiger partial charge in [0.2, 0.25) is 0 Å². The first kappa shape index (κ1) is 27.3. The fourth-order valence-electron chi connectivity index (χ4n) is 5.70. The van der Waals surface area contributed by atoms with Gasteiger partial charge in [0.15, 0.2) is 9.84 Å². The van der Waals surface area contributed by atoms with Crippen LogP contribution in [0.15, 0.2) is 35.2 Å². The van der Waals surface area contributed by atoms with E-state index in [9.17, 15) is 18.3 Å². The van der Waals surface area contributed by atoms with Crippen LogP contribution >= 0.6 is 11.3 Å². The molecule has 1 unspecified atom stereocenters. The van der Waals surface area contributed by atoms with Crippen LogP contribution in [0.3, 0.4) is 0 Å². The second kappa shape index (κ2) is 11.3. The third kappa shape index (κ3) is 5.87. The summed E-state index contributed by atoms with van der Waals surface area (Å²) in [7, 11) is -3.29. The first-order chi connectivity index (χ1) is 17.1. The molecule has 0 radical (unpaired) electrons. The predicted molar refractivity (Wildman–Crippen MR) is 145 cm³/mol. The second-order valence-electron chi connectivity index (χ2n) is 10.9. The van der Waals surface area contributed by atoms with Gasteiger partial charge in [0, 0.05) is 24.0 Å². The van der Waals surface area contributed by atoms with Crippen LogP contribution in [0.4, 0.5) is 0 Å². The molecular formula is C28H40N2O4S2. The van der Waals surface area contributed by atoms with Crippen LogP contribution < -0.4 is 5.32 Å². The maximum atomic E-state index is 13.1. The zero-order chi connectivity index (χ0) is 26.0. The second-order valence-corrected chi connectivity index (χ2v) is 14.3. The van der Waals surface area contributed by atoms with Crippen molar-refractivity contribution in [2.45, 2.75) is 76.9 Å². The molecule has 1 aliphatic carbocycles. The minimum Gasteiger partial charge on any atom is -0.394 e. The lowest BCUT2D eigenvalue weighted by atomic mass is 9.82. The molecule has 0 saturated heterocycles. The summed E-state index contributed by atoms with van der Waals surface area (Å²) in [6, 6.07) is 8.17. The fraction of sp³-hybridized carbons (Fsp3) is 0.607. The van der Waals surface area contributed by atoms with E-state index in [1.165, 1.54) is 48.3 Å². The molecule has 1 amide bonds. The summed E-state index contributed by atoms with van der Waals surface area (Å²) in [5.41, 5.74) is 1.93. The van der Waals surface area contributed by atoms with E-state index >= 15 is 0 Å². The van der Waals surface area contributed by atoms with E-state index in [0.717, 1.165) is 24.9 Å². The molecule has 8 heteroatoms. The van der Waals surface area contributed by atoms with Crippen LogP contribution in [0.1, 0.15) is 91.1 Å². The van der Waals surface area contributed by atoms with Gasteiger partial charge in [-0.25, -0.2) is 8.42 Å². The Kier molecular flexibility index (Phi) is 8.60. The van der Waals surface area contributed by atoms with Gasteiger partial charge >= 0.3 is 0 Å². The van der Waals surface area contributed by atoms with Crippen molar-refractivity contribution >= 4 is 27.1 Å². The molecule has 4 rings (SSSR count). The Morgan fingerprint density at radius 3 is 2.42 bits per heavy atom. The van der Waals surface area contributed by atoms with Crippen LogP contribution in [-0.2, 0) is 16.4 Å². The van der Waals surface area contributed by atoms with E-state index in [-0.39, 0.29) is 23.2 Å². The van der Waals surface area contributed by atoms with Gasteiger partial charge in [-0.1, -0.05) is 52.7 Å². The van der Waals surface area contributed by atoms with Gasteiger partial charge in [-0.15, -0.1) is 11.3 Å². The quantitative estimate of drug-likeness (QED) is 0.455. The van der Waals surface area contributed by atoms with E-state index < -0.39 is 15.9 Å². The number of hydrogen-bond donors (Lipinski definition) is 2. The first-order valence-electron chi connectivity index (χ1n) is 13.2. The number of fused-ring (bicyclic) bond motifs is 1. The Bertz CT molecular complexity index is 1150. The van der Waals surface area contributed by atoms with Gasteiger partial charge < -0.3 is 10.4 Å². The number of amides is 1. The summed E-state index contributed by atoms with van der Waals surface area (Å²) in [5, 5.41) is 12.9. The summed E-state index contributed by atoms with van der Waals surface area (Å²) in [6.45, 7) is 10.3. The average molecular weight is 533 g/mol. The molecule has 2 atom stereocenters. The highest BCUT2D eigenvalue weighted by molar-refractivity contribution is 7.91. The van der Waals surface area contributed by atoms with Crippen molar-refractivity contribution < 1.29 is 18.3 Å². The van der Waals surface area contributed by atoms with Crippen molar-refractivity contribution in [1.82, 2.24) is 10.2 Å². The summed E-state index contributed by atoms with van der Waals surface area (Å²) in [5.74, 6) is 1.92. The SMILES string of the molecule is CCS(=O)(=O)c1ccc([C@H](CO)NC(=O)c2cc3c(s2)C(C(C)C)N(CC2CCC(C)CC2)C3)cc1. The van der Waals surface area contributed by atoms with E-state index in [2.05, 4.69) is 31.0 Å². The lowest BCUT2D eigenvalue weighted by molar-refractivity contribution is 0.0919. The van der Waals surface area contributed by atoms with Gasteiger partial charge in [0.05, 0.1) is 28.2 Å². The van der Waals surface area contributed by atoms with Crippen molar-refractivity contribution in [3.05, 3.63) is 51.2 Å². The van der Waals surface area contributed by atoms with Crippen LogP contribution in [0.2, 0.25) is 0 Å². The van der Waals surface area contributed by atoms with Crippen molar-refractivity contribution in [1.29, 1.82) is 0 Å². The van der Waals surface area contributed by atoms with Crippen LogP contribution in [-0.4, -0.2) is 43.2 Å². The Hall–Kier alpha value is -1.74. The normalized spacial score (nSPS) is 23.6. The predicted octanol–water partition coefficient (Wildman–Crippen LogP) is 5.34. The lowest BCUT2D eigenvalue weighted by Crippen LogP contribution is -2.32. The summed E-state index contributed by atoms with van der Waals surface area (Å²) in [6.07, 6.45) is 5.30. The smallest absolute Gasteiger partial charge is 0.261 e. The minimum atomic E-state index is -3.29. The molecule has 1 aromatic heterocycles. The average Bonchev–Trinajstić information content (AvgIpc) is 3.41. The maximum absolute atomic E-state index is 13.1. The topological polar surface area (TPSA) is 86.7 Å². The summed E-state index contributed by atoms with van der Waals surface area (Å²) >= 11 is 1.57. The van der Waals surface area contributed by atoms with Gasteiger partial charge in [-0.2, -0.15) is 0 Å². The molecule has 1 aliphatic heterocycles. The molecule has 2 heterocycles. The highest BCUT2D eigenvalue weighted by Gasteiger charge is 2.37.